The van der Waals surface area contributed by atoms with Crippen LogP contribution in [0.4, 0.5) is 5.69 Å². The van der Waals surface area contributed by atoms with Crippen molar-refractivity contribution in [2.24, 2.45) is 0 Å². The van der Waals surface area contributed by atoms with Gasteiger partial charge in [-0.05, 0) is 60.0 Å². The van der Waals surface area contributed by atoms with Gasteiger partial charge in [0.15, 0.2) is 0 Å². The van der Waals surface area contributed by atoms with Gasteiger partial charge in [-0.2, -0.15) is 0 Å². The largest absolute Gasteiger partial charge is 0.507 e. The fourth-order valence-corrected chi connectivity index (χ4v) is 4.66. The van der Waals surface area contributed by atoms with Crippen molar-refractivity contribution < 1.29 is 28.9 Å². The van der Waals surface area contributed by atoms with Crippen molar-refractivity contribution in [3.8, 4) is 17.2 Å². The summed E-state index contributed by atoms with van der Waals surface area (Å²) in [7, 11) is 1.54. The Morgan fingerprint density at radius 3 is 2.67 bits per heavy atom. The van der Waals surface area contributed by atoms with Gasteiger partial charge >= 0.3 is 0 Å². The van der Waals surface area contributed by atoms with E-state index in [4.69, 9.17) is 14.2 Å². The van der Waals surface area contributed by atoms with Crippen LogP contribution in [0.1, 0.15) is 36.1 Å². The Balaban J connectivity index is 1.68. The van der Waals surface area contributed by atoms with Crippen LogP contribution in [-0.2, 0) is 16.0 Å². The molecule has 0 aromatic heterocycles. The zero-order valence-electron chi connectivity index (χ0n) is 20.2. The summed E-state index contributed by atoms with van der Waals surface area (Å²) in [5, 5.41) is 11.4. The first-order valence-corrected chi connectivity index (χ1v) is 12.0. The number of carbonyl (C=O) groups is 2. The number of ether oxygens (including phenoxy) is 3. The molecule has 184 valence electrons. The molecular formula is C29H27NO6. The van der Waals surface area contributed by atoms with Gasteiger partial charge in [0, 0.05) is 23.7 Å². The highest BCUT2D eigenvalue weighted by Crippen LogP contribution is 2.44. The number of rotatable bonds is 7. The summed E-state index contributed by atoms with van der Waals surface area (Å²) >= 11 is 0. The molecule has 0 bridgehead atoms. The van der Waals surface area contributed by atoms with Gasteiger partial charge in [0.25, 0.3) is 11.7 Å². The molecule has 0 radical (unpaired) electrons. The molecule has 0 spiro atoms. The maximum absolute atomic E-state index is 13.4. The molecule has 2 aliphatic rings. The molecule has 3 aromatic rings. The van der Waals surface area contributed by atoms with Crippen LogP contribution >= 0.6 is 0 Å². The molecule has 5 rings (SSSR count). The number of Topliss-reactive ketones (excluding diaryl/α,β-unsaturated/α-hetero) is 1. The van der Waals surface area contributed by atoms with Crippen LogP contribution in [0.15, 0.2) is 72.3 Å². The van der Waals surface area contributed by atoms with Gasteiger partial charge < -0.3 is 19.3 Å². The second-order valence-electron chi connectivity index (χ2n) is 8.71. The minimum Gasteiger partial charge on any atom is -0.507 e. The molecule has 0 saturated carbocycles. The highest BCUT2D eigenvalue weighted by molar-refractivity contribution is 6.51. The lowest BCUT2D eigenvalue weighted by molar-refractivity contribution is -0.132. The Bertz CT molecular complexity index is 1360. The highest BCUT2D eigenvalue weighted by atomic mass is 16.5. The van der Waals surface area contributed by atoms with Crippen molar-refractivity contribution >= 4 is 23.1 Å². The van der Waals surface area contributed by atoms with E-state index in [1.165, 1.54) is 12.0 Å². The van der Waals surface area contributed by atoms with Crippen LogP contribution in [0.5, 0.6) is 17.2 Å². The summed E-state index contributed by atoms with van der Waals surface area (Å²) in [5.41, 5.74) is 2.58. The average Bonchev–Trinajstić information content (AvgIpc) is 3.49. The summed E-state index contributed by atoms with van der Waals surface area (Å²) < 4.78 is 16.7. The smallest absolute Gasteiger partial charge is 0.300 e. The first-order chi connectivity index (χ1) is 17.5. The lowest BCUT2D eigenvalue weighted by atomic mass is 9.94. The predicted molar refractivity (Wildman–Crippen MR) is 136 cm³/mol. The van der Waals surface area contributed by atoms with Gasteiger partial charge in [-0.15, -0.1) is 0 Å². The normalized spacial score (nSPS) is 18.2. The average molecular weight is 486 g/mol. The van der Waals surface area contributed by atoms with Gasteiger partial charge in [-0.3, -0.25) is 14.5 Å². The molecule has 1 atom stereocenters. The molecule has 1 saturated heterocycles. The van der Waals surface area contributed by atoms with E-state index in [1.54, 1.807) is 36.4 Å². The predicted octanol–water partition coefficient (Wildman–Crippen LogP) is 5.05. The summed E-state index contributed by atoms with van der Waals surface area (Å²) in [6.07, 6.45) is 1.56. The molecule has 0 aliphatic carbocycles. The summed E-state index contributed by atoms with van der Waals surface area (Å²) in [6.45, 7) is 3.13. The highest BCUT2D eigenvalue weighted by Gasteiger charge is 2.47. The van der Waals surface area contributed by atoms with Crippen LogP contribution in [0.25, 0.3) is 5.76 Å². The third kappa shape index (κ3) is 4.17. The molecule has 2 heterocycles. The number of nitrogens with zero attached hydrogens (tertiary/aromatic N) is 1. The van der Waals surface area contributed by atoms with E-state index in [9.17, 15) is 14.7 Å². The lowest BCUT2D eigenvalue weighted by Crippen LogP contribution is -2.29. The Labute approximate surface area is 209 Å². The molecule has 3 aromatic carbocycles. The quantitative estimate of drug-likeness (QED) is 0.287. The van der Waals surface area contributed by atoms with Gasteiger partial charge in [-0.25, -0.2) is 0 Å². The molecule has 7 nitrogen and oxygen atoms in total. The van der Waals surface area contributed by atoms with E-state index in [0.717, 1.165) is 24.2 Å². The Morgan fingerprint density at radius 1 is 1.06 bits per heavy atom. The van der Waals surface area contributed by atoms with Crippen LogP contribution in [-0.4, -0.2) is 37.1 Å². The molecule has 2 aliphatic heterocycles. The van der Waals surface area contributed by atoms with E-state index in [2.05, 4.69) is 0 Å². The van der Waals surface area contributed by atoms with Crippen molar-refractivity contribution in [1.82, 2.24) is 0 Å². The number of anilines is 1. The van der Waals surface area contributed by atoms with Crippen molar-refractivity contribution in [2.75, 3.05) is 25.2 Å². The van der Waals surface area contributed by atoms with E-state index in [-0.39, 0.29) is 11.3 Å². The third-order valence-corrected chi connectivity index (χ3v) is 6.39. The van der Waals surface area contributed by atoms with E-state index < -0.39 is 17.7 Å². The Morgan fingerprint density at radius 2 is 1.86 bits per heavy atom. The van der Waals surface area contributed by atoms with Gasteiger partial charge in [0.2, 0.25) is 0 Å². The number of carbonyl (C=O) groups excluding carboxylic acids is 2. The number of amides is 1. The monoisotopic (exact) mass is 485 g/mol. The van der Waals surface area contributed by atoms with E-state index >= 15 is 0 Å². The van der Waals surface area contributed by atoms with Gasteiger partial charge in [-0.1, -0.05) is 25.1 Å². The first kappa shape index (κ1) is 23.5. The first-order valence-electron chi connectivity index (χ1n) is 12.0. The van der Waals surface area contributed by atoms with Crippen molar-refractivity contribution in [3.63, 3.8) is 0 Å². The van der Waals surface area contributed by atoms with Gasteiger partial charge in [0.05, 0.1) is 31.9 Å². The van der Waals surface area contributed by atoms with E-state index in [1.807, 2.05) is 37.3 Å². The maximum Gasteiger partial charge on any atom is 0.300 e. The zero-order chi connectivity index (χ0) is 25.2. The summed E-state index contributed by atoms with van der Waals surface area (Å²) in [5.74, 6) is 0.238. The SMILES string of the molecule is CCCOc1cccc(C2/C(=C(/O)c3ccc4c(c3)CCO4)C(=O)C(=O)N2c2cccc(OC)c2)c1. The number of fused-ring (bicyclic) bond motifs is 1. The van der Waals surface area contributed by atoms with Crippen molar-refractivity contribution in [3.05, 3.63) is 89.0 Å². The van der Waals surface area contributed by atoms with Crippen LogP contribution in [0, 0.1) is 0 Å². The number of methoxy groups -OCH3 is 1. The number of aliphatic hydroxyl groups excluding tert-OH is 1. The third-order valence-electron chi connectivity index (χ3n) is 6.39. The maximum atomic E-state index is 13.4. The number of hydrogen-bond acceptors (Lipinski definition) is 6. The second kappa shape index (κ2) is 9.77. The van der Waals surface area contributed by atoms with Crippen LogP contribution < -0.4 is 19.1 Å². The molecule has 7 heteroatoms. The fourth-order valence-electron chi connectivity index (χ4n) is 4.66. The molecule has 1 amide bonds. The Kier molecular flexibility index (Phi) is 6.38. The topological polar surface area (TPSA) is 85.3 Å². The zero-order valence-corrected chi connectivity index (χ0v) is 20.2. The molecule has 1 N–H and O–H groups in total. The number of aliphatic hydroxyl groups is 1. The molecule has 36 heavy (non-hydrogen) atoms. The second-order valence-corrected chi connectivity index (χ2v) is 8.71. The molecule has 1 fully saturated rings. The van der Waals surface area contributed by atoms with Crippen molar-refractivity contribution in [2.45, 2.75) is 25.8 Å². The van der Waals surface area contributed by atoms with E-state index in [0.29, 0.717) is 41.5 Å². The van der Waals surface area contributed by atoms with Gasteiger partial charge in [0.1, 0.15) is 23.0 Å². The Hall–Kier alpha value is -4.26. The molecular weight excluding hydrogens is 458 g/mol. The number of hydrogen-bond donors (Lipinski definition) is 1. The summed E-state index contributed by atoms with van der Waals surface area (Å²) in [6, 6.07) is 18.7. The van der Waals surface area contributed by atoms with Crippen LogP contribution in [0.2, 0.25) is 0 Å². The van der Waals surface area contributed by atoms with Crippen molar-refractivity contribution in [1.29, 1.82) is 0 Å². The summed E-state index contributed by atoms with van der Waals surface area (Å²) in [4.78, 5) is 28.3. The minimum atomic E-state index is -0.855. The lowest BCUT2D eigenvalue weighted by Gasteiger charge is -2.26. The van der Waals surface area contributed by atoms with Crippen LogP contribution in [0.3, 0.4) is 0 Å². The number of ketones is 1. The standard InChI is InChI=1S/C29H27NO6/c1-3-13-35-23-9-4-6-19(16-23)26-25(27(31)20-10-11-24-18(15-20)12-14-36-24)28(32)29(33)30(26)21-7-5-8-22(17-21)34-2/h4-11,15-17,26,31H,3,12-14H2,1-2H3/b27-25-. The molecule has 1 unspecified atom stereocenters. The number of benzene rings is 3. The fraction of sp³-hybridized carbons (Fsp3) is 0.241. The minimum absolute atomic E-state index is 0.0225.